The minimum atomic E-state index is -0.199. The Labute approximate surface area is 127 Å². The molecule has 0 atom stereocenters. The number of carbonyl (C=O) groups is 1. The Kier molecular flexibility index (Phi) is 5.09. The molecule has 0 aliphatic carbocycles. The highest BCUT2D eigenvalue weighted by molar-refractivity contribution is 7.15. The van der Waals surface area contributed by atoms with E-state index in [-0.39, 0.29) is 12.5 Å². The fourth-order valence-corrected chi connectivity index (χ4v) is 2.46. The van der Waals surface area contributed by atoms with Gasteiger partial charge < -0.3 is 5.11 Å². The monoisotopic (exact) mass is 300 g/mol. The van der Waals surface area contributed by atoms with Gasteiger partial charge in [-0.2, -0.15) is 0 Å². The third kappa shape index (κ3) is 4.15. The summed E-state index contributed by atoms with van der Waals surface area (Å²) in [7, 11) is 0. The number of nitrogens with one attached hydrogen (secondary N) is 1. The van der Waals surface area contributed by atoms with Crippen LogP contribution in [0.25, 0.3) is 0 Å². The van der Waals surface area contributed by atoms with Crippen molar-refractivity contribution in [2.24, 2.45) is 0 Å². The zero-order chi connectivity index (χ0) is 15.2. The molecular formula is C16H16N2O2S. The van der Waals surface area contributed by atoms with Crippen LogP contribution in [0.15, 0.2) is 24.3 Å². The lowest BCUT2D eigenvalue weighted by Gasteiger charge is -2.02. The molecule has 0 fully saturated rings. The zero-order valence-electron chi connectivity index (χ0n) is 11.9. The van der Waals surface area contributed by atoms with E-state index in [9.17, 15) is 4.79 Å². The first-order chi connectivity index (χ1) is 10.1. The highest BCUT2D eigenvalue weighted by Gasteiger charge is 2.10. The van der Waals surface area contributed by atoms with Crippen molar-refractivity contribution in [2.45, 2.75) is 20.3 Å². The van der Waals surface area contributed by atoms with Crippen molar-refractivity contribution in [3.63, 3.8) is 0 Å². The summed E-state index contributed by atoms with van der Waals surface area (Å²) >= 11 is 1.46. The van der Waals surface area contributed by atoms with E-state index in [0.717, 1.165) is 16.1 Å². The number of anilines is 1. The van der Waals surface area contributed by atoms with Crippen molar-refractivity contribution in [3.05, 3.63) is 46.0 Å². The lowest BCUT2D eigenvalue weighted by Crippen LogP contribution is -2.11. The Hall–Kier alpha value is -2.16. The zero-order valence-corrected chi connectivity index (χ0v) is 12.8. The van der Waals surface area contributed by atoms with Crippen LogP contribution in [-0.4, -0.2) is 22.6 Å². The predicted molar refractivity (Wildman–Crippen MR) is 84.6 cm³/mol. The van der Waals surface area contributed by atoms with Gasteiger partial charge in [-0.1, -0.05) is 17.9 Å². The molecule has 0 aliphatic heterocycles. The fourth-order valence-electron chi connectivity index (χ4n) is 1.65. The van der Waals surface area contributed by atoms with Crippen molar-refractivity contribution >= 4 is 22.4 Å². The molecular weight excluding hydrogens is 284 g/mol. The molecule has 2 aromatic rings. The number of aliphatic hydroxyl groups excluding tert-OH is 1. The molecule has 1 heterocycles. The van der Waals surface area contributed by atoms with Crippen LogP contribution >= 0.6 is 11.3 Å². The summed E-state index contributed by atoms with van der Waals surface area (Å²) in [6.07, 6.45) is 0.425. The third-order valence-corrected chi connectivity index (χ3v) is 3.83. The molecule has 21 heavy (non-hydrogen) atoms. The molecule has 2 rings (SSSR count). The van der Waals surface area contributed by atoms with Crippen LogP contribution in [0.3, 0.4) is 0 Å². The molecule has 5 heteroatoms. The molecule has 1 amide bonds. The summed E-state index contributed by atoms with van der Waals surface area (Å²) < 4.78 is 0. The summed E-state index contributed by atoms with van der Waals surface area (Å²) in [5.41, 5.74) is 2.22. The van der Waals surface area contributed by atoms with Crippen LogP contribution < -0.4 is 5.32 Å². The second-order valence-electron chi connectivity index (χ2n) is 4.47. The van der Waals surface area contributed by atoms with Crippen molar-refractivity contribution in [2.75, 3.05) is 11.9 Å². The highest BCUT2D eigenvalue weighted by atomic mass is 32.1. The first kappa shape index (κ1) is 15.2. The van der Waals surface area contributed by atoms with Gasteiger partial charge in [0.25, 0.3) is 5.91 Å². The lowest BCUT2D eigenvalue weighted by molar-refractivity contribution is 0.102. The number of rotatable bonds is 3. The molecule has 1 aromatic heterocycles. The van der Waals surface area contributed by atoms with Gasteiger partial charge in [0.2, 0.25) is 0 Å². The quantitative estimate of drug-likeness (QED) is 0.857. The topological polar surface area (TPSA) is 62.2 Å². The molecule has 0 saturated heterocycles. The van der Waals surface area contributed by atoms with Gasteiger partial charge in [-0.3, -0.25) is 10.1 Å². The van der Waals surface area contributed by atoms with E-state index < -0.39 is 0 Å². The molecule has 0 aliphatic rings. The van der Waals surface area contributed by atoms with Crippen LogP contribution in [0.4, 0.5) is 5.13 Å². The number of benzene rings is 1. The van der Waals surface area contributed by atoms with Crippen LogP contribution in [0, 0.1) is 25.7 Å². The number of hydrogen-bond donors (Lipinski definition) is 2. The maximum absolute atomic E-state index is 12.2. The van der Waals surface area contributed by atoms with Crippen molar-refractivity contribution in [1.82, 2.24) is 4.98 Å². The molecule has 2 N–H and O–H groups in total. The highest BCUT2D eigenvalue weighted by Crippen LogP contribution is 2.21. The molecule has 0 unspecified atom stereocenters. The Morgan fingerprint density at radius 3 is 2.90 bits per heavy atom. The van der Waals surface area contributed by atoms with Crippen LogP contribution in [-0.2, 0) is 0 Å². The van der Waals surface area contributed by atoms with E-state index >= 15 is 0 Å². The van der Waals surface area contributed by atoms with Gasteiger partial charge in [0.15, 0.2) is 5.13 Å². The standard InChI is InChI=1S/C16H16N2O2S/c1-11-12(2)21-16(17-11)18-15(20)14-8-5-7-13(10-14)6-3-4-9-19/h5,7-8,10,19H,4,9H2,1-2H3,(H,17,18,20). The Morgan fingerprint density at radius 1 is 1.43 bits per heavy atom. The number of aromatic nitrogens is 1. The summed E-state index contributed by atoms with van der Waals surface area (Å²) in [5, 5.41) is 12.1. The van der Waals surface area contributed by atoms with Crippen LogP contribution in [0.5, 0.6) is 0 Å². The average molecular weight is 300 g/mol. The van der Waals surface area contributed by atoms with Crippen molar-refractivity contribution in [3.8, 4) is 11.8 Å². The number of nitrogens with zero attached hydrogens (tertiary/aromatic N) is 1. The van der Waals surface area contributed by atoms with Gasteiger partial charge >= 0.3 is 0 Å². The average Bonchev–Trinajstić information content (AvgIpc) is 2.78. The number of amides is 1. The van der Waals surface area contributed by atoms with Gasteiger partial charge in [-0.05, 0) is 32.0 Å². The Bertz CT molecular complexity index is 691. The number of aryl methyl sites for hydroxylation is 2. The van der Waals surface area contributed by atoms with E-state index in [4.69, 9.17) is 5.11 Å². The number of aliphatic hydroxyl groups is 1. The predicted octanol–water partition coefficient (Wildman–Crippen LogP) is 2.75. The third-order valence-electron chi connectivity index (χ3n) is 2.84. The van der Waals surface area contributed by atoms with Crippen LogP contribution in [0.1, 0.15) is 32.9 Å². The second-order valence-corrected chi connectivity index (χ2v) is 5.67. The summed E-state index contributed by atoms with van der Waals surface area (Å²) in [5.74, 6) is 5.55. The minimum Gasteiger partial charge on any atom is -0.395 e. The molecule has 108 valence electrons. The van der Waals surface area contributed by atoms with E-state index in [1.54, 1.807) is 18.2 Å². The van der Waals surface area contributed by atoms with Crippen molar-refractivity contribution < 1.29 is 9.90 Å². The summed E-state index contributed by atoms with van der Waals surface area (Å²) in [6, 6.07) is 7.09. The molecule has 0 radical (unpaired) electrons. The second kappa shape index (κ2) is 7.02. The Morgan fingerprint density at radius 2 is 2.24 bits per heavy atom. The van der Waals surface area contributed by atoms with E-state index in [0.29, 0.717) is 17.1 Å². The summed E-state index contributed by atoms with van der Waals surface area (Å²) in [4.78, 5) is 17.6. The molecule has 0 saturated carbocycles. The number of thiazole rings is 1. The molecule has 4 nitrogen and oxygen atoms in total. The van der Waals surface area contributed by atoms with Gasteiger partial charge in [-0.25, -0.2) is 4.98 Å². The van der Waals surface area contributed by atoms with Crippen molar-refractivity contribution in [1.29, 1.82) is 0 Å². The van der Waals surface area contributed by atoms with E-state index in [1.165, 1.54) is 11.3 Å². The largest absolute Gasteiger partial charge is 0.395 e. The number of carbonyl (C=O) groups excluding carboxylic acids is 1. The van der Waals surface area contributed by atoms with E-state index in [2.05, 4.69) is 22.1 Å². The van der Waals surface area contributed by atoms with Gasteiger partial charge in [0.1, 0.15) is 0 Å². The Balaban J connectivity index is 2.12. The van der Waals surface area contributed by atoms with Gasteiger partial charge in [0.05, 0.1) is 12.3 Å². The van der Waals surface area contributed by atoms with Crippen LogP contribution in [0.2, 0.25) is 0 Å². The smallest absolute Gasteiger partial charge is 0.257 e. The molecule has 1 aromatic carbocycles. The maximum atomic E-state index is 12.2. The minimum absolute atomic E-state index is 0.0376. The lowest BCUT2D eigenvalue weighted by atomic mass is 10.1. The van der Waals surface area contributed by atoms with Gasteiger partial charge in [0, 0.05) is 22.4 Å². The van der Waals surface area contributed by atoms with E-state index in [1.807, 2.05) is 19.9 Å². The first-order valence-corrected chi connectivity index (χ1v) is 7.37. The first-order valence-electron chi connectivity index (χ1n) is 6.55. The molecule has 0 spiro atoms. The maximum Gasteiger partial charge on any atom is 0.257 e. The SMILES string of the molecule is Cc1nc(NC(=O)c2cccc(C#CCCO)c2)sc1C. The molecule has 0 bridgehead atoms. The number of hydrogen-bond acceptors (Lipinski definition) is 4. The van der Waals surface area contributed by atoms with Gasteiger partial charge in [-0.15, -0.1) is 11.3 Å². The summed E-state index contributed by atoms with van der Waals surface area (Å²) in [6.45, 7) is 3.93. The fraction of sp³-hybridized carbons (Fsp3) is 0.250. The normalized spacial score (nSPS) is 9.86.